The molecule has 1 aromatic heterocycles. The molecule has 0 aromatic carbocycles. The second-order valence-corrected chi connectivity index (χ2v) is 2.61. The van der Waals surface area contributed by atoms with Crippen molar-refractivity contribution < 1.29 is 4.79 Å². The fourth-order valence-electron chi connectivity index (χ4n) is 1.01. The zero-order valence-corrected chi connectivity index (χ0v) is 7.24. The Bertz CT molecular complexity index is 292. The quantitative estimate of drug-likeness (QED) is 0.695. The van der Waals surface area contributed by atoms with Gasteiger partial charge in [-0.05, 0) is 13.3 Å². The van der Waals surface area contributed by atoms with Crippen LogP contribution in [0.1, 0.15) is 29.5 Å². The molecule has 5 heteroatoms. The Morgan fingerprint density at radius 3 is 2.75 bits per heavy atom. The third kappa shape index (κ3) is 1.44. The molecule has 2 N–H and O–H groups in total. The number of nitrogens with two attached hydrogens (primary N) is 1. The van der Waals surface area contributed by atoms with Crippen LogP contribution in [0.25, 0.3) is 0 Å². The number of hydrogen-bond acceptors (Lipinski definition) is 3. The topological polar surface area (TPSA) is 73.8 Å². The van der Waals surface area contributed by atoms with E-state index in [-0.39, 0.29) is 5.69 Å². The lowest BCUT2D eigenvalue weighted by atomic mass is 10.3. The third-order valence-electron chi connectivity index (χ3n) is 1.65. The highest BCUT2D eigenvalue weighted by Gasteiger charge is 2.11. The molecule has 0 atom stereocenters. The van der Waals surface area contributed by atoms with Gasteiger partial charge in [-0.15, -0.1) is 5.10 Å². The molecule has 5 nitrogen and oxygen atoms in total. The van der Waals surface area contributed by atoms with E-state index in [2.05, 4.69) is 10.3 Å². The summed E-state index contributed by atoms with van der Waals surface area (Å²) in [6.07, 6.45) is 0.961. The molecule has 66 valence electrons. The summed E-state index contributed by atoms with van der Waals surface area (Å²) in [5, 5.41) is 7.46. The monoisotopic (exact) mass is 168 g/mol. The van der Waals surface area contributed by atoms with Crippen molar-refractivity contribution in [2.24, 2.45) is 5.73 Å². The van der Waals surface area contributed by atoms with E-state index < -0.39 is 5.91 Å². The minimum absolute atomic E-state index is 0.267. The van der Waals surface area contributed by atoms with Crippen molar-refractivity contribution in [1.82, 2.24) is 15.0 Å². The highest BCUT2D eigenvalue weighted by molar-refractivity contribution is 5.91. The molecule has 0 radical (unpaired) electrons. The van der Waals surface area contributed by atoms with Crippen LogP contribution >= 0.6 is 0 Å². The number of amides is 1. The molecular formula is C7H12N4O. The number of aromatic nitrogens is 3. The van der Waals surface area contributed by atoms with Crippen LogP contribution in [0.2, 0.25) is 0 Å². The number of rotatable bonds is 3. The van der Waals surface area contributed by atoms with Crippen LogP contribution < -0.4 is 5.73 Å². The summed E-state index contributed by atoms with van der Waals surface area (Å²) in [6, 6.07) is 0. The van der Waals surface area contributed by atoms with Gasteiger partial charge in [0, 0.05) is 6.54 Å². The molecule has 1 heterocycles. The zero-order chi connectivity index (χ0) is 9.14. The molecule has 0 aliphatic rings. The number of carbonyl (C=O) groups excluding carboxylic acids is 1. The van der Waals surface area contributed by atoms with Crippen molar-refractivity contribution in [2.45, 2.75) is 26.8 Å². The SMILES string of the molecule is CCCn1nnc(C(N)=O)c1C. The van der Waals surface area contributed by atoms with Crippen LogP contribution in [0.15, 0.2) is 0 Å². The fourth-order valence-corrected chi connectivity index (χ4v) is 1.01. The first-order chi connectivity index (χ1) is 5.66. The highest BCUT2D eigenvalue weighted by atomic mass is 16.1. The van der Waals surface area contributed by atoms with Gasteiger partial charge in [0.2, 0.25) is 0 Å². The molecule has 0 saturated heterocycles. The summed E-state index contributed by atoms with van der Waals surface area (Å²) in [5.74, 6) is -0.519. The molecule has 0 saturated carbocycles. The Kier molecular flexibility index (Phi) is 2.42. The van der Waals surface area contributed by atoms with E-state index in [1.54, 1.807) is 11.6 Å². The largest absolute Gasteiger partial charge is 0.364 e. The summed E-state index contributed by atoms with van der Waals surface area (Å²) in [7, 11) is 0. The lowest BCUT2D eigenvalue weighted by molar-refractivity contribution is 0.0995. The van der Waals surface area contributed by atoms with Crippen LogP contribution in [0.5, 0.6) is 0 Å². The first-order valence-corrected chi connectivity index (χ1v) is 3.86. The standard InChI is InChI=1S/C7H12N4O/c1-3-4-11-5(2)6(7(8)12)9-10-11/h3-4H2,1-2H3,(H2,8,12). The van der Waals surface area contributed by atoms with Gasteiger partial charge in [0.25, 0.3) is 5.91 Å². The number of carbonyl (C=O) groups is 1. The molecule has 0 aliphatic carbocycles. The Morgan fingerprint density at radius 1 is 1.67 bits per heavy atom. The number of aryl methyl sites for hydroxylation is 1. The van der Waals surface area contributed by atoms with E-state index >= 15 is 0 Å². The minimum atomic E-state index is -0.519. The second-order valence-electron chi connectivity index (χ2n) is 2.61. The van der Waals surface area contributed by atoms with Crippen LogP contribution in [0.4, 0.5) is 0 Å². The second kappa shape index (κ2) is 3.34. The van der Waals surface area contributed by atoms with E-state index in [1.807, 2.05) is 6.92 Å². The number of nitrogens with zero attached hydrogens (tertiary/aromatic N) is 3. The fraction of sp³-hybridized carbons (Fsp3) is 0.571. The van der Waals surface area contributed by atoms with E-state index in [1.165, 1.54) is 0 Å². The highest BCUT2D eigenvalue weighted by Crippen LogP contribution is 2.02. The van der Waals surface area contributed by atoms with E-state index in [0.29, 0.717) is 0 Å². The van der Waals surface area contributed by atoms with Crippen LogP contribution in [-0.2, 0) is 6.54 Å². The first-order valence-electron chi connectivity index (χ1n) is 3.86. The van der Waals surface area contributed by atoms with Gasteiger partial charge in [-0.25, -0.2) is 4.68 Å². The minimum Gasteiger partial charge on any atom is -0.364 e. The molecule has 0 aliphatic heterocycles. The van der Waals surface area contributed by atoms with Crippen molar-refractivity contribution in [3.63, 3.8) is 0 Å². The van der Waals surface area contributed by atoms with Gasteiger partial charge in [-0.2, -0.15) is 0 Å². The molecule has 0 bridgehead atoms. The maximum absolute atomic E-state index is 10.7. The van der Waals surface area contributed by atoms with Gasteiger partial charge in [0.05, 0.1) is 5.69 Å². The van der Waals surface area contributed by atoms with Gasteiger partial charge >= 0.3 is 0 Å². The van der Waals surface area contributed by atoms with E-state index in [9.17, 15) is 4.79 Å². The van der Waals surface area contributed by atoms with Crippen molar-refractivity contribution in [2.75, 3.05) is 0 Å². The molecule has 1 rings (SSSR count). The number of primary amides is 1. The Labute approximate surface area is 70.6 Å². The zero-order valence-electron chi connectivity index (χ0n) is 7.24. The molecule has 0 fully saturated rings. The average Bonchev–Trinajstić information content (AvgIpc) is 2.34. The van der Waals surface area contributed by atoms with Crippen LogP contribution in [-0.4, -0.2) is 20.9 Å². The Morgan fingerprint density at radius 2 is 2.33 bits per heavy atom. The molecule has 1 aromatic rings. The lowest BCUT2D eigenvalue weighted by Crippen LogP contribution is -2.13. The smallest absolute Gasteiger partial charge is 0.271 e. The van der Waals surface area contributed by atoms with E-state index in [0.717, 1.165) is 18.7 Å². The first kappa shape index (κ1) is 8.70. The molecule has 12 heavy (non-hydrogen) atoms. The van der Waals surface area contributed by atoms with Crippen molar-refractivity contribution in [3.05, 3.63) is 11.4 Å². The van der Waals surface area contributed by atoms with Crippen molar-refractivity contribution >= 4 is 5.91 Å². The molecule has 1 amide bonds. The maximum Gasteiger partial charge on any atom is 0.271 e. The molecule has 0 spiro atoms. The lowest BCUT2D eigenvalue weighted by Gasteiger charge is -1.98. The van der Waals surface area contributed by atoms with E-state index in [4.69, 9.17) is 5.73 Å². The summed E-state index contributed by atoms with van der Waals surface area (Å²) >= 11 is 0. The van der Waals surface area contributed by atoms with Gasteiger partial charge in [0.15, 0.2) is 5.69 Å². The van der Waals surface area contributed by atoms with Gasteiger partial charge in [0.1, 0.15) is 0 Å². The maximum atomic E-state index is 10.7. The van der Waals surface area contributed by atoms with Crippen molar-refractivity contribution in [1.29, 1.82) is 0 Å². The number of hydrogen-bond donors (Lipinski definition) is 1. The summed E-state index contributed by atoms with van der Waals surface area (Å²) in [6.45, 7) is 4.59. The summed E-state index contributed by atoms with van der Waals surface area (Å²) in [5.41, 5.74) is 6.08. The normalized spacial score (nSPS) is 10.2. The predicted octanol–water partition coefficient (Wildman–Crippen LogP) is 0.0954. The summed E-state index contributed by atoms with van der Waals surface area (Å²) in [4.78, 5) is 10.7. The van der Waals surface area contributed by atoms with Crippen molar-refractivity contribution in [3.8, 4) is 0 Å². The van der Waals surface area contributed by atoms with Crippen LogP contribution in [0, 0.1) is 6.92 Å². The van der Waals surface area contributed by atoms with Gasteiger partial charge in [-0.1, -0.05) is 12.1 Å². The Hall–Kier alpha value is -1.39. The molecular weight excluding hydrogens is 156 g/mol. The molecule has 0 unspecified atom stereocenters. The third-order valence-corrected chi connectivity index (χ3v) is 1.65. The summed E-state index contributed by atoms with van der Waals surface area (Å²) < 4.78 is 1.68. The van der Waals surface area contributed by atoms with Gasteiger partial charge in [-0.3, -0.25) is 4.79 Å². The Balaban J connectivity index is 2.96. The average molecular weight is 168 g/mol. The van der Waals surface area contributed by atoms with Gasteiger partial charge < -0.3 is 5.73 Å². The predicted molar refractivity (Wildman–Crippen MR) is 43.6 cm³/mol. The van der Waals surface area contributed by atoms with Crippen LogP contribution in [0.3, 0.4) is 0 Å².